The summed E-state index contributed by atoms with van der Waals surface area (Å²) in [7, 11) is 0. The van der Waals surface area contributed by atoms with Crippen molar-refractivity contribution < 1.29 is 5.11 Å². The van der Waals surface area contributed by atoms with Gasteiger partial charge in [-0.3, -0.25) is 5.41 Å². The van der Waals surface area contributed by atoms with Crippen LogP contribution in [-0.2, 0) is 6.61 Å². The summed E-state index contributed by atoms with van der Waals surface area (Å²) in [5, 5.41) is 24.9. The fourth-order valence-corrected chi connectivity index (χ4v) is 4.93. The zero-order chi connectivity index (χ0) is 17.1. The van der Waals surface area contributed by atoms with Gasteiger partial charge in [-0.1, -0.05) is 12.1 Å². The number of benzene rings is 1. The largest absolute Gasteiger partial charge is 0.392 e. The number of hydrogen-bond acceptors (Lipinski definition) is 7. The fraction of sp³-hybridized carbons (Fsp3) is 0.125. The molecule has 0 fully saturated rings. The van der Waals surface area contributed by atoms with Gasteiger partial charge in [0.05, 0.1) is 17.2 Å². The van der Waals surface area contributed by atoms with E-state index in [0.717, 1.165) is 37.4 Å². The molecule has 24 heavy (non-hydrogen) atoms. The van der Waals surface area contributed by atoms with E-state index >= 15 is 0 Å². The summed E-state index contributed by atoms with van der Waals surface area (Å²) < 4.78 is 0. The first kappa shape index (κ1) is 17.0. The molecule has 0 saturated carbocycles. The molecule has 0 aliphatic carbocycles. The van der Waals surface area contributed by atoms with Crippen LogP contribution < -0.4 is 11.1 Å². The second kappa shape index (κ2) is 7.35. The summed E-state index contributed by atoms with van der Waals surface area (Å²) in [4.78, 5) is 6.42. The van der Waals surface area contributed by atoms with Crippen LogP contribution in [0.25, 0.3) is 11.3 Å². The van der Waals surface area contributed by atoms with Gasteiger partial charge in [0.25, 0.3) is 0 Å². The smallest absolute Gasteiger partial charge is 0.187 e. The molecule has 0 atom stereocenters. The molecule has 8 heteroatoms. The number of aliphatic hydroxyl groups excluding tert-OH is 1. The van der Waals surface area contributed by atoms with Gasteiger partial charge in [-0.2, -0.15) is 0 Å². The summed E-state index contributed by atoms with van der Waals surface area (Å²) in [6.45, 7) is 0.0124. The topological polar surface area (TPSA) is 95.0 Å². The fourth-order valence-electron chi connectivity index (χ4n) is 2.24. The van der Waals surface area contributed by atoms with E-state index in [9.17, 15) is 5.11 Å². The Morgan fingerprint density at radius 2 is 2.21 bits per heavy atom. The molecule has 0 spiro atoms. The molecule has 5 N–H and O–H groups in total. The SMILES string of the molecule is CSc1c(-c2csc(Nc3cccc(CO)c3)n2)csc1C(=N)N. The Morgan fingerprint density at radius 1 is 1.38 bits per heavy atom. The van der Waals surface area contributed by atoms with Crippen LogP contribution in [0.5, 0.6) is 0 Å². The van der Waals surface area contributed by atoms with Gasteiger partial charge in [0.15, 0.2) is 5.13 Å². The number of thiazole rings is 1. The summed E-state index contributed by atoms with van der Waals surface area (Å²) in [6.07, 6.45) is 1.98. The Morgan fingerprint density at radius 3 is 2.92 bits per heavy atom. The highest BCUT2D eigenvalue weighted by molar-refractivity contribution is 7.99. The van der Waals surface area contributed by atoms with Crippen LogP contribution in [0.3, 0.4) is 0 Å². The zero-order valence-electron chi connectivity index (χ0n) is 12.9. The Bertz CT molecular complexity index is 872. The highest BCUT2D eigenvalue weighted by atomic mass is 32.2. The summed E-state index contributed by atoms with van der Waals surface area (Å²) >= 11 is 4.56. The van der Waals surface area contributed by atoms with Crippen molar-refractivity contribution in [1.82, 2.24) is 4.98 Å². The molecule has 0 unspecified atom stereocenters. The molecule has 0 amide bonds. The van der Waals surface area contributed by atoms with E-state index in [2.05, 4.69) is 10.3 Å². The van der Waals surface area contributed by atoms with Crippen molar-refractivity contribution in [2.45, 2.75) is 11.5 Å². The van der Waals surface area contributed by atoms with Gasteiger partial charge in [-0.05, 0) is 24.0 Å². The molecule has 1 aromatic carbocycles. The second-order valence-corrected chi connectivity index (χ2v) is 7.50. The first-order chi connectivity index (χ1) is 11.6. The second-order valence-electron chi connectivity index (χ2n) is 4.95. The number of nitrogens with two attached hydrogens (primary N) is 1. The predicted octanol–water partition coefficient (Wildman–Crippen LogP) is 4.11. The van der Waals surface area contributed by atoms with E-state index in [-0.39, 0.29) is 12.4 Å². The standard InChI is InChI=1S/C16H16N4OS3/c1-22-13-11(7-23-14(13)15(17)18)12-8-24-16(20-12)19-10-4-2-3-9(5-10)6-21/h2-5,7-8,21H,6H2,1H3,(H3,17,18)(H,19,20). The molecule has 5 nitrogen and oxygen atoms in total. The van der Waals surface area contributed by atoms with Gasteiger partial charge in [0.1, 0.15) is 5.84 Å². The summed E-state index contributed by atoms with van der Waals surface area (Å²) in [5.74, 6) is 0.0880. The number of nitrogens with one attached hydrogen (secondary N) is 2. The van der Waals surface area contributed by atoms with Crippen molar-refractivity contribution in [3.63, 3.8) is 0 Å². The molecule has 0 aliphatic rings. The van der Waals surface area contributed by atoms with E-state index in [1.54, 1.807) is 11.8 Å². The molecule has 0 aliphatic heterocycles. The number of thioether (sulfide) groups is 1. The molecule has 0 saturated heterocycles. The van der Waals surface area contributed by atoms with E-state index in [1.165, 1.54) is 22.7 Å². The Hall–Kier alpha value is -1.87. The number of rotatable bonds is 6. The molecule has 3 aromatic rings. The number of thiophene rings is 1. The number of anilines is 2. The van der Waals surface area contributed by atoms with Gasteiger partial charge in [0.2, 0.25) is 0 Å². The third-order valence-electron chi connectivity index (χ3n) is 3.34. The Balaban J connectivity index is 1.87. The Kier molecular flexibility index (Phi) is 5.20. The van der Waals surface area contributed by atoms with Gasteiger partial charge < -0.3 is 16.2 Å². The molecular weight excluding hydrogens is 360 g/mol. The third-order valence-corrected chi connectivity index (χ3v) is 6.07. The maximum Gasteiger partial charge on any atom is 0.187 e. The van der Waals surface area contributed by atoms with Gasteiger partial charge in [-0.25, -0.2) is 4.98 Å². The van der Waals surface area contributed by atoms with Crippen LogP contribution in [0.4, 0.5) is 10.8 Å². The monoisotopic (exact) mass is 376 g/mol. The van der Waals surface area contributed by atoms with Gasteiger partial charge in [0, 0.05) is 26.9 Å². The first-order valence-corrected chi connectivity index (χ1v) is 10.0. The van der Waals surface area contributed by atoms with Crippen LogP contribution >= 0.6 is 34.4 Å². The Labute approximate surface area is 152 Å². The van der Waals surface area contributed by atoms with Crippen molar-refractivity contribution in [2.24, 2.45) is 5.73 Å². The molecule has 124 valence electrons. The van der Waals surface area contributed by atoms with Gasteiger partial charge >= 0.3 is 0 Å². The minimum atomic E-state index is 0.0124. The lowest BCUT2D eigenvalue weighted by Crippen LogP contribution is -2.09. The van der Waals surface area contributed by atoms with Crippen LogP contribution in [0.2, 0.25) is 0 Å². The van der Waals surface area contributed by atoms with Crippen LogP contribution in [-0.4, -0.2) is 22.2 Å². The molecular formula is C16H16N4OS3. The number of hydrogen-bond donors (Lipinski definition) is 4. The highest BCUT2D eigenvalue weighted by Gasteiger charge is 2.16. The van der Waals surface area contributed by atoms with Crippen molar-refractivity contribution >= 4 is 51.1 Å². The van der Waals surface area contributed by atoms with Crippen molar-refractivity contribution in [3.8, 4) is 11.3 Å². The summed E-state index contributed by atoms with van der Waals surface area (Å²) in [5.41, 5.74) is 9.26. The van der Waals surface area contributed by atoms with E-state index in [0.29, 0.717) is 0 Å². The van der Waals surface area contributed by atoms with Crippen LogP contribution in [0, 0.1) is 5.41 Å². The van der Waals surface area contributed by atoms with E-state index in [1.807, 2.05) is 41.3 Å². The zero-order valence-corrected chi connectivity index (χ0v) is 15.3. The average molecular weight is 377 g/mol. The number of aromatic nitrogens is 1. The molecule has 2 aromatic heterocycles. The number of aliphatic hydroxyl groups is 1. The maximum absolute atomic E-state index is 9.22. The van der Waals surface area contributed by atoms with Crippen molar-refractivity contribution in [1.29, 1.82) is 5.41 Å². The van der Waals surface area contributed by atoms with Crippen molar-refractivity contribution in [2.75, 3.05) is 11.6 Å². The van der Waals surface area contributed by atoms with E-state index in [4.69, 9.17) is 11.1 Å². The summed E-state index contributed by atoms with van der Waals surface area (Å²) in [6, 6.07) is 7.60. The van der Waals surface area contributed by atoms with Crippen LogP contribution in [0.1, 0.15) is 10.4 Å². The number of nitrogens with zero attached hydrogens (tertiary/aromatic N) is 1. The minimum Gasteiger partial charge on any atom is -0.392 e. The first-order valence-electron chi connectivity index (χ1n) is 7.05. The third kappa shape index (κ3) is 3.46. The predicted molar refractivity (Wildman–Crippen MR) is 104 cm³/mol. The number of nitrogen functional groups attached to an aromatic ring is 1. The minimum absolute atomic E-state index is 0.0124. The maximum atomic E-state index is 9.22. The lowest BCUT2D eigenvalue weighted by atomic mass is 10.2. The van der Waals surface area contributed by atoms with Gasteiger partial charge in [-0.15, -0.1) is 34.4 Å². The molecule has 3 rings (SSSR count). The lowest BCUT2D eigenvalue weighted by molar-refractivity contribution is 0.282. The molecule has 0 bridgehead atoms. The van der Waals surface area contributed by atoms with Crippen molar-refractivity contribution in [3.05, 3.63) is 45.5 Å². The lowest BCUT2D eigenvalue weighted by Gasteiger charge is -2.04. The van der Waals surface area contributed by atoms with Crippen LogP contribution in [0.15, 0.2) is 39.9 Å². The quantitative estimate of drug-likeness (QED) is 0.295. The van der Waals surface area contributed by atoms with E-state index < -0.39 is 0 Å². The molecule has 0 radical (unpaired) electrons. The molecule has 2 heterocycles. The average Bonchev–Trinajstić information content (AvgIpc) is 3.21. The highest BCUT2D eigenvalue weighted by Crippen LogP contribution is 2.39. The number of amidine groups is 1. The normalized spacial score (nSPS) is 10.8.